The van der Waals surface area contributed by atoms with Gasteiger partial charge in [-0.3, -0.25) is 0 Å². The van der Waals surface area contributed by atoms with Crippen molar-refractivity contribution >= 4 is 21.8 Å². The molecule has 0 fully saturated rings. The van der Waals surface area contributed by atoms with Crippen LogP contribution < -0.4 is 0 Å². The zero-order valence-electron chi connectivity index (χ0n) is 10.8. The fraction of sp³-hybridized carbons (Fsp3) is 0.250. The summed E-state index contributed by atoms with van der Waals surface area (Å²) < 4.78 is 8.04. The Labute approximate surface area is 107 Å². The summed E-state index contributed by atoms with van der Waals surface area (Å²) in [5.74, 6) is 0. The summed E-state index contributed by atoms with van der Waals surface area (Å²) >= 11 is 0. The monoisotopic (exact) mass is 239 g/mol. The minimum atomic E-state index is 0.0554. The molecule has 1 aromatic heterocycles. The highest BCUT2D eigenvalue weighted by Gasteiger charge is 2.13. The highest BCUT2D eigenvalue weighted by molar-refractivity contribution is 6.08. The topological polar surface area (TPSA) is 14.2 Å². The third-order valence-corrected chi connectivity index (χ3v) is 3.39. The number of ether oxygens (including phenoxy) is 1. The summed E-state index contributed by atoms with van der Waals surface area (Å²) in [6, 6.07) is 17.0. The van der Waals surface area contributed by atoms with E-state index in [1.807, 2.05) is 6.92 Å². The third kappa shape index (κ3) is 1.61. The van der Waals surface area contributed by atoms with Crippen LogP contribution in [0.3, 0.4) is 0 Å². The largest absolute Gasteiger partial charge is 0.359 e. The van der Waals surface area contributed by atoms with Gasteiger partial charge < -0.3 is 9.30 Å². The molecule has 3 rings (SSSR count). The van der Waals surface area contributed by atoms with Crippen molar-refractivity contribution in [2.45, 2.75) is 20.1 Å². The lowest BCUT2D eigenvalue weighted by atomic mass is 10.2. The zero-order chi connectivity index (χ0) is 12.5. The molecule has 0 spiro atoms. The molecule has 0 amide bonds. The number of hydrogen-bond acceptors (Lipinski definition) is 1. The number of rotatable bonds is 3. The van der Waals surface area contributed by atoms with E-state index in [-0.39, 0.29) is 6.23 Å². The van der Waals surface area contributed by atoms with Crippen molar-refractivity contribution in [1.82, 2.24) is 4.57 Å². The summed E-state index contributed by atoms with van der Waals surface area (Å²) in [5.41, 5.74) is 2.47. The molecule has 0 bridgehead atoms. The first kappa shape index (κ1) is 11.3. The Morgan fingerprint density at radius 1 is 0.944 bits per heavy atom. The maximum Gasteiger partial charge on any atom is 0.131 e. The lowest BCUT2D eigenvalue weighted by Gasteiger charge is -2.16. The Kier molecular flexibility index (Phi) is 2.80. The summed E-state index contributed by atoms with van der Waals surface area (Å²) in [7, 11) is 0. The van der Waals surface area contributed by atoms with Crippen molar-refractivity contribution in [3.63, 3.8) is 0 Å². The highest BCUT2D eigenvalue weighted by atomic mass is 16.5. The van der Waals surface area contributed by atoms with Gasteiger partial charge in [-0.05, 0) is 26.0 Å². The van der Waals surface area contributed by atoms with Gasteiger partial charge in [0, 0.05) is 17.4 Å². The molecule has 0 radical (unpaired) electrons. The van der Waals surface area contributed by atoms with Crippen molar-refractivity contribution in [3.05, 3.63) is 48.5 Å². The Bertz CT molecular complexity index is 630. The standard InChI is InChI=1S/C16H17NO/c1-3-18-12(2)17-15-10-6-4-8-13(15)14-9-5-7-11-16(14)17/h4-12H,3H2,1-2H3/t12-/m0/s1. The van der Waals surface area contributed by atoms with Crippen molar-refractivity contribution in [2.24, 2.45) is 0 Å². The molecule has 92 valence electrons. The molecule has 0 saturated carbocycles. The number of fused-ring (bicyclic) bond motifs is 3. The van der Waals surface area contributed by atoms with Crippen LogP contribution >= 0.6 is 0 Å². The van der Waals surface area contributed by atoms with Gasteiger partial charge in [0.25, 0.3) is 0 Å². The van der Waals surface area contributed by atoms with Gasteiger partial charge in [-0.2, -0.15) is 0 Å². The van der Waals surface area contributed by atoms with Crippen LogP contribution in [0.4, 0.5) is 0 Å². The Morgan fingerprint density at radius 2 is 1.44 bits per heavy atom. The first-order chi connectivity index (χ1) is 8.83. The lowest BCUT2D eigenvalue weighted by Crippen LogP contribution is -2.08. The number of nitrogens with zero attached hydrogens (tertiary/aromatic N) is 1. The summed E-state index contributed by atoms with van der Waals surface area (Å²) in [6.45, 7) is 4.86. The Balaban J connectivity index is 2.38. The van der Waals surface area contributed by atoms with Crippen molar-refractivity contribution < 1.29 is 4.74 Å². The molecule has 0 aliphatic heterocycles. The van der Waals surface area contributed by atoms with Gasteiger partial charge in [0.2, 0.25) is 0 Å². The van der Waals surface area contributed by atoms with E-state index in [9.17, 15) is 0 Å². The molecule has 3 aromatic rings. The maximum atomic E-state index is 5.77. The smallest absolute Gasteiger partial charge is 0.131 e. The van der Waals surface area contributed by atoms with E-state index in [2.05, 4.69) is 60.0 Å². The van der Waals surface area contributed by atoms with E-state index in [4.69, 9.17) is 4.74 Å². The predicted molar refractivity (Wildman–Crippen MR) is 75.8 cm³/mol. The molecule has 0 aliphatic rings. The Morgan fingerprint density at radius 3 is 1.94 bits per heavy atom. The first-order valence-electron chi connectivity index (χ1n) is 6.42. The van der Waals surface area contributed by atoms with Crippen LogP contribution in [0.1, 0.15) is 20.1 Å². The molecule has 0 aliphatic carbocycles. The lowest BCUT2D eigenvalue weighted by molar-refractivity contribution is 0.0308. The van der Waals surface area contributed by atoms with Gasteiger partial charge in [0.15, 0.2) is 0 Å². The van der Waals surface area contributed by atoms with E-state index in [0.29, 0.717) is 0 Å². The number of para-hydroxylation sites is 2. The van der Waals surface area contributed by atoms with Gasteiger partial charge in [-0.1, -0.05) is 36.4 Å². The molecule has 1 heterocycles. The average molecular weight is 239 g/mol. The molecular weight excluding hydrogens is 222 g/mol. The molecule has 0 N–H and O–H groups in total. The summed E-state index contributed by atoms with van der Waals surface area (Å²) in [6.07, 6.45) is 0.0554. The predicted octanol–water partition coefficient (Wildman–Crippen LogP) is 4.35. The number of hydrogen-bond donors (Lipinski definition) is 0. The molecule has 18 heavy (non-hydrogen) atoms. The first-order valence-corrected chi connectivity index (χ1v) is 6.42. The van der Waals surface area contributed by atoms with E-state index in [1.165, 1.54) is 21.8 Å². The van der Waals surface area contributed by atoms with Crippen molar-refractivity contribution in [1.29, 1.82) is 0 Å². The Hall–Kier alpha value is -1.80. The minimum Gasteiger partial charge on any atom is -0.359 e. The number of aromatic nitrogens is 1. The molecule has 0 saturated heterocycles. The fourth-order valence-electron chi connectivity index (χ4n) is 2.66. The van der Waals surface area contributed by atoms with Crippen LogP contribution in [-0.4, -0.2) is 11.2 Å². The van der Waals surface area contributed by atoms with Crippen molar-refractivity contribution in [3.8, 4) is 0 Å². The quantitative estimate of drug-likeness (QED) is 0.662. The van der Waals surface area contributed by atoms with Crippen molar-refractivity contribution in [2.75, 3.05) is 6.61 Å². The summed E-state index contributed by atoms with van der Waals surface area (Å²) in [5, 5.41) is 2.58. The highest BCUT2D eigenvalue weighted by Crippen LogP contribution is 2.31. The van der Waals surface area contributed by atoms with Crippen LogP contribution in [-0.2, 0) is 4.74 Å². The van der Waals surface area contributed by atoms with E-state index >= 15 is 0 Å². The van der Waals surface area contributed by atoms with Gasteiger partial charge in [0.05, 0.1) is 11.0 Å². The van der Waals surface area contributed by atoms with Gasteiger partial charge in [-0.25, -0.2) is 0 Å². The summed E-state index contributed by atoms with van der Waals surface area (Å²) in [4.78, 5) is 0. The fourth-order valence-corrected chi connectivity index (χ4v) is 2.66. The van der Waals surface area contributed by atoms with Gasteiger partial charge in [0.1, 0.15) is 6.23 Å². The normalized spacial score (nSPS) is 13.2. The second-order valence-electron chi connectivity index (χ2n) is 4.46. The molecule has 0 unspecified atom stereocenters. The second kappa shape index (κ2) is 4.46. The number of benzene rings is 2. The van der Waals surface area contributed by atoms with Gasteiger partial charge >= 0.3 is 0 Å². The zero-order valence-corrected chi connectivity index (χ0v) is 10.8. The minimum absolute atomic E-state index is 0.0554. The average Bonchev–Trinajstić information content (AvgIpc) is 2.73. The molecule has 2 nitrogen and oxygen atoms in total. The van der Waals surface area contributed by atoms with Crippen LogP contribution in [0.5, 0.6) is 0 Å². The maximum absolute atomic E-state index is 5.77. The molecule has 2 heteroatoms. The van der Waals surface area contributed by atoms with Crippen LogP contribution in [0.25, 0.3) is 21.8 Å². The SMILES string of the molecule is CCO[C@@H](C)n1c2ccccc2c2ccccc21. The third-order valence-electron chi connectivity index (χ3n) is 3.39. The molecule has 1 atom stereocenters. The molecule has 2 aromatic carbocycles. The van der Waals surface area contributed by atoms with Crippen LogP contribution in [0, 0.1) is 0 Å². The molecular formula is C16H17NO. The van der Waals surface area contributed by atoms with Crippen LogP contribution in [0.15, 0.2) is 48.5 Å². The van der Waals surface area contributed by atoms with Gasteiger partial charge in [-0.15, -0.1) is 0 Å². The van der Waals surface area contributed by atoms with E-state index in [1.54, 1.807) is 0 Å². The van der Waals surface area contributed by atoms with E-state index < -0.39 is 0 Å². The van der Waals surface area contributed by atoms with Crippen LogP contribution in [0.2, 0.25) is 0 Å². The van der Waals surface area contributed by atoms with E-state index in [0.717, 1.165) is 6.61 Å². The second-order valence-corrected chi connectivity index (χ2v) is 4.46.